The number of nitrogens with zero attached hydrogens (tertiary/aromatic N) is 4. The van der Waals surface area contributed by atoms with Crippen LogP contribution >= 0.6 is 23.2 Å². The molecule has 6 rings (SSSR count). The van der Waals surface area contributed by atoms with Crippen LogP contribution in [0.3, 0.4) is 0 Å². The highest BCUT2D eigenvalue weighted by molar-refractivity contribution is 6.33. The van der Waals surface area contributed by atoms with E-state index in [4.69, 9.17) is 27.9 Å². The quantitative estimate of drug-likeness (QED) is 0.240. The number of anilines is 4. The monoisotopic (exact) mass is 640 g/mol. The molecule has 0 bridgehead atoms. The van der Waals surface area contributed by atoms with Crippen LogP contribution in [0.4, 0.5) is 22.9 Å². The fraction of sp³-hybridized carbons (Fsp3) is 0.500. The number of piperazine rings is 1. The standard InChI is InChI=1S/C32H38Cl2N6O4/c1-3-23-18-39(31-26(34)15-22(16-35-31)37-28-27(29(41)30(28)42)36-21-6-7-21)12-13-40(23)24-8-10-38(11-9-24)17-19-4-5-20(33)14-25(19)32(43)44-2/h4-5,14-16,21,23-24,36-37H,3,6-13,17-18H2,1-2H3/t23-/m0/s1. The number of aromatic nitrogens is 1. The minimum Gasteiger partial charge on any atom is -0.465 e. The summed E-state index contributed by atoms with van der Waals surface area (Å²) in [7, 11) is 1.39. The number of piperidine rings is 1. The third kappa shape index (κ3) is 6.44. The molecule has 44 heavy (non-hydrogen) atoms. The summed E-state index contributed by atoms with van der Waals surface area (Å²) < 4.78 is 4.97. The highest BCUT2D eigenvalue weighted by Gasteiger charge is 2.34. The molecule has 1 saturated carbocycles. The molecule has 2 N–H and O–H groups in total. The van der Waals surface area contributed by atoms with E-state index in [0.29, 0.717) is 45.6 Å². The molecule has 3 heterocycles. The molecule has 3 fully saturated rings. The fourth-order valence-corrected chi connectivity index (χ4v) is 6.96. The first-order valence-electron chi connectivity index (χ1n) is 15.4. The normalized spacial score (nSPS) is 20.2. The molecule has 0 unspecified atom stereocenters. The van der Waals surface area contributed by atoms with E-state index in [-0.39, 0.29) is 17.7 Å². The minimum atomic E-state index is -0.517. The summed E-state index contributed by atoms with van der Waals surface area (Å²) >= 11 is 12.9. The Kier molecular flexibility index (Phi) is 9.14. The average Bonchev–Trinajstić information content (AvgIpc) is 3.87. The number of hydrogen-bond donors (Lipinski definition) is 2. The van der Waals surface area contributed by atoms with E-state index in [1.54, 1.807) is 18.3 Å². The molecule has 0 spiro atoms. The van der Waals surface area contributed by atoms with Crippen LogP contribution in [0.1, 0.15) is 54.9 Å². The third-order valence-corrected chi connectivity index (χ3v) is 9.64. The number of halogens is 2. The molecule has 2 saturated heterocycles. The summed E-state index contributed by atoms with van der Waals surface area (Å²) in [5, 5.41) is 7.23. The van der Waals surface area contributed by atoms with Gasteiger partial charge in [-0.2, -0.15) is 0 Å². The molecular weight excluding hydrogens is 603 g/mol. The van der Waals surface area contributed by atoms with Gasteiger partial charge in [0.25, 0.3) is 10.9 Å². The molecule has 2 aliphatic heterocycles. The van der Waals surface area contributed by atoms with Crippen molar-refractivity contribution >= 4 is 52.1 Å². The molecule has 3 aliphatic rings. The van der Waals surface area contributed by atoms with E-state index in [2.05, 4.69) is 37.2 Å². The summed E-state index contributed by atoms with van der Waals surface area (Å²) in [5.74, 6) is 0.370. The maximum Gasteiger partial charge on any atom is 0.338 e. The lowest BCUT2D eigenvalue weighted by Crippen LogP contribution is -2.58. The van der Waals surface area contributed by atoms with E-state index in [1.807, 2.05) is 12.1 Å². The van der Waals surface area contributed by atoms with Crippen LogP contribution in [0.15, 0.2) is 40.1 Å². The Morgan fingerprint density at radius 1 is 1.02 bits per heavy atom. The molecule has 234 valence electrons. The van der Waals surface area contributed by atoms with Crippen molar-refractivity contribution in [3.63, 3.8) is 0 Å². The van der Waals surface area contributed by atoms with Gasteiger partial charge in [0.05, 0.1) is 29.6 Å². The van der Waals surface area contributed by atoms with Crippen molar-refractivity contribution in [1.82, 2.24) is 14.8 Å². The summed E-state index contributed by atoms with van der Waals surface area (Å²) in [5.41, 5.74) is 1.70. The van der Waals surface area contributed by atoms with Crippen LogP contribution < -0.4 is 26.4 Å². The molecule has 1 aliphatic carbocycles. The summed E-state index contributed by atoms with van der Waals surface area (Å²) in [6, 6.07) is 8.35. The van der Waals surface area contributed by atoms with Gasteiger partial charge < -0.3 is 20.3 Å². The number of esters is 1. The second-order valence-electron chi connectivity index (χ2n) is 12.0. The summed E-state index contributed by atoms with van der Waals surface area (Å²) in [6.07, 6.45) is 6.83. The number of nitrogens with one attached hydrogen (secondary N) is 2. The third-order valence-electron chi connectivity index (χ3n) is 9.12. The van der Waals surface area contributed by atoms with Crippen molar-refractivity contribution in [3.8, 4) is 0 Å². The molecule has 3 aromatic rings. The van der Waals surface area contributed by atoms with Gasteiger partial charge in [-0.25, -0.2) is 9.78 Å². The van der Waals surface area contributed by atoms with Gasteiger partial charge in [0.1, 0.15) is 17.2 Å². The van der Waals surface area contributed by atoms with Gasteiger partial charge in [-0.05, 0) is 69.0 Å². The Labute approximate surface area is 267 Å². The van der Waals surface area contributed by atoms with Gasteiger partial charge in [-0.15, -0.1) is 0 Å². The summed E-state index contributed by atoms with van der Waals surface area (Å²) in [6.45, 7) is 7.39. The topological polar surface area (TPSA) is 107 Å². The molecule has 12 heteroatoms. The van der Waals surface area contributed by atoms with Crippen LogP contribution in [0, 0.1) is 0 Å². The van der Waals surface area contributed by atoms with Crippen LogP contribution in [0.25, 0.3) is 0 Å². The summed E-state index contributed by atoms with van der Waals surface area (Å²) in [4.78, 5) is 48.4. The first-order valence-corrected chi connectivity index (χ1v) is 16.1. The SMILES string of the molecule is CC[C@H]1CN(c2ncc(Nc3c(NC4CC4)c(=O)c3=O)cc2Cl)CCN1C1CCN(Cc2ccc(Cl)cc2C(=O)OC)CC1. The number of methoxy groups -OCH3 is 1. The number of carbonyl (C=O) groups excluding carboxylic acids is 1. The molecule has 1 atom stereocenters. The van der Waals surface area contributed by atoms with E-state index in [1.165, 1.54) is 7.11 Å². The van der Waals surface area contributed by atoms with Crippen molar-refractivity contribution < 1.29 is 9.53 Å². The maximum atomic E-state index is 12.3. The zero-order valence-corrected chi connectivity index (χ0v) is 26.6. The lowest BCUT2D eigenvalue weighted by Gasteiger charge is -2.47. The van der Waals surface area contributed by atoms with Crippen molar-refractivity contribution in [3.05, 3.63) is 72.1 Å². The molecule has 10 nitrogen and oxygen atoms in total. The largest absolute Gasteiger partial charge is 0.465 e. The number of hydrogen-bond acceptors (Lipinski definition) is 10. The number of benzene rings is 1. The number of likely N-dealkylation sites (tertiary alicyclic amines) is 1. The van der Waals surface area contributed by atoms with Crippen molar-refractivity contribution in [1.29, 1.82) is 0 Å². The fourth-order valence-electron chi connectivity index (χ4n) is 6.50. The van der Waals surface area contributed by atoms with Crippen LogP contribution in [0.5, 0.6) is 0 Å². The van der Waals surface area contributed by atoms with E-state index in [0.717, 1.165) is 76.2 Å². The lowest BCUT2D eigenvalue weighted by atomic mass is 9.97. The van der Waals surface area contributed by atoms with Gasteiger partial charge in [0.15, 0.2) is 0 Å². The maximum absolute atomic E-state index is 12.3. The van der Waals surface area contributed by atoms with Crippen molar-refractivity contribution in [2.24, 2.45) is 0 Å². The van der Waals surface area contributed by atoms with E-state index in [9.17, 15) is 14.4 Å². The molecule has 2 aromatic carbocycles. The molecular formula is C32H38Cl2N6O4. The second kappa shape index (κ2) is 13.0. The predicted octanol–water partition coefficient (Wildman–Crippen LogP) is 4.65. The number of ether oxygens (including phenoxy) is 1. The van der Waals surface area contributed by atoms with Crippen molar-refractivity contribution in [2.45, 2.75) is 63.7 Å². The zero-order chi connectivity index (χ0) is 31.0. The Hall–Kier alpha value is -3.18. The smallest absolute Gasteiger partial charge is 0.338 e. The molecule has 1 aromatic heterocycles. The average molecular weight is 642 g/mol. The van der Waals surface area contributed by atoms with Gasteiger partial charge >= 0.3 is 5.97 Å². The predicted molar refractivity (Wildman–Crippen MR) is 175 cm³/mol. The first kappa shape index (κ1) is 30.8. The second-order valence-corrected chi connectivity index (χ2v) is 12.9. The Morgan fingerprint density at radius 3 is 2.45 bits per heavy atom. The first-order chi connectivity index (χ1) is 21.2. The van der Waals surface area contributed by atoms with Gasteiger partial charge in [0.2, 0.25) is 0 Å². The van der Waals surface area contributed by atoms with Gasteiger partial charge in [-0.3, -0.25) is 19.4 Å². The highest BCUT2D eigenvalue weighted by atomic mass is 35.5. The minimum absolute atomic E-state index is 0.274. The number of rotatable bonds is 10. The Bertz CT molecular complexity index is 1600. The van der Waals surface area contributed by atoms with Crippen LogP contribution in [0.2, 0.25) is 10.0 Å². The number of carbonyl (C=O) groups is 1. The Morgan fingerprint density at radius 2 is 1.77 bits per heavy atom. The van der Waals surface area contributed by atoms with E-state index < -0.39 is 10.9 Å². The lowest BCUT2D eigenvalue weighted by molar-refractivity contribution is 0.0576. The highest BCUT2D eigenvalue weighted by Crippen LogP contribution is 2.33. The van der Waals surface area contributed by atoms with Crippen LogP contribution in [-0.2, 0) is 11.3 Å². The van der Waals surface area contributed by atoms with Gasteiger partial charge in [0, 0.05) is 49.3 Å². The van der Waals surface area contributed by atoms with Crippen LogP contribution in [-0.4, -0.2) is 78.7 Å². The zero-order valence-electron chi connectivity index (χ0n) is 25.1. The number of pyridine rings is 1. The Balaban J connectivity index is 1.05. The van der Waals surface area contributed by atoms with Crippen molar-refractivity contribution in [2.75, 3.05) is 55.4 Å². The molecule has 0 amide bonds. The molecule has 0 radical (unpaired) electrons. The van der Waals surface area contributed by atoms with Gasteiger partial charge in [-0.1, -0.05) is 36.2 Å². The van der Waals surface area contributed by atoms with E-state index >= 15 is 0 Å².